The number of aliphatic hydroxyl groups excluding tert-OH is 4. The molecule has 12 atom stereocenters. The van der Waals surface area contributed by atoms with Crippen molar-refractivity contribution in [3.63, 3.8) is 0 Å². The van der Waals surface area contributed by atoms with Crippen molar-refractivity contribution >= 4 is 29.6 Å². The topological polar surface area (TPSA) is 235 Å². The Morgan fingerprint density at radius 2 is 1.42 bits per heavy atom. The van der Waals surface area contributed by atoms with Crippen molar-refractivity contribution in [2.75, 3.05) is 6.61 Å². The molecule has 0 spiro atoms. The summed E-state index contributed by atoms with van der Waals surface area (Å²) in [5.41, 5.74) is -8.48. The van der Waals surface area contributed by atoms with Gasteiger partial charge in [-0.1, -0.05) is 80.6 Å². The number of hydrogen-bond donors (Lipinski definition) is 6. The average molecular weight is 828 g/mol. The number of esters is 3. The highest BCUT2D eigenvalue weighted by Crippen LogP contribution is 2.64. The van der Waals surface area contributed by atoms with Crippen LogP contribution >= 0.6 is 0 Å². The maximum absolute atomic E-state index is 15.0. The SMILES string of the molecule is CC(=O)O[C@@]12CO[C@@H]1C[C@H](O)[C@@]1(C)C(=O)[C@H](O)C3=C(C)[C@@H](OC(=O)[C@H](O)[C@@H](NC(=O)c4ccccc4)c4ccccc4)[C@H](O)[C@@](O)([C@@H](OC(=O)c4ccccc4)[C@H]21)C3(C)C. The third-order valence-corrected chi connectivity index (χ3v) is 13.3. The van der Waals surface area contributed by atoms with Crippen molar-refractivity contribution in [2.24, 2.45) is 16.7 Å². The number of ether oxygens (including phenoxy) is 4. The van der Waals surface area contributed by atoms with Gasteiger partial charge in [0, 0.05) is 24.3 Å². The van der Waals surface area contributed by atoms with Gasteiger partial charge in [-0.2, -0.15) is 0 Å². The van der Waals surface area contributed by atoms with Crippen LogP contribution in [0.1, 0.15) is 73.4 Å². The highest BCUT2D eigenvalue weighted by atomic mass is 16.6. The van der Waals surface area contributed by atoms with Crippen molar-refractivity contribution in [2.45, 2.75) is 101 Å². The Kier molecular flexibility index (Phi) is 11.2. The minimum atomic E-state index is -2.83. The first kappa shape index (κ1) is 42.8. The van der Waals surface area contributed by atoms with E-state index in [-0.39, 0.29) is 35.3 Å². The van der Waals surface area contributed by atoms with E-state index >= 15 is 0 Å². The van der Waals surface area contributed by atoms with Crippen LogP contribution in [0.3, 0.4) is 0 Å². The summed E-state index contributed by atoms with van der Waals surface area (Å²) >= 11 is 0. The third-order valence-electron chi connectivity index (χ3n) is 13.3. The second kappa shape index (κ2) is 15.6. The van der Waals surface area contributed by atoms with E-state index in [0.29, 0.717) is 5.56 Å². The van der Waals surface area contributed by atoms with Crippen molar-refractivity contribution in [3.8, 4) is 0 Å². The highest BCUT2D eigenvalue weighted by molar-refractivity contribution is 5.95. The molecule has 60 heavy (non-hydrogen) atoms. The molecular formula is C45H49NO14. The van der Waals surface area contributed by atoms with Crippen LogP contribution in [0.25, 0.3) is 0 Å². The van der Waals surface area contributed by atoms with Gasteiger partial charge in [0.2, 0.25) is 0 Å². The van der Waals surface area contributed by atoms with E-state index in [9.17, 15) is 49.5 Å². The van der Waals surface area contributed by atoms with Gasteiger partial charge in [-0.05, 0) is 54.8 Å². The van der Waals surface area contributed by atoms with Gasteiger partial charge in [0.1, 0.15) is 30.0 Å². The Bertz CT molecular complexity index is 2200. The molecule has 0 aromatic heterocycles. The zero-order valence-electron chi connectivity index (χ0n) is 33.7. The highest BCUT2D eigenvalue weighted by Gasteiger charge is 2.79. The molecule has 4 aliphatic rings. The number of Topliss-reactive ketones (excluding diaryl/α,β-unsaturated/α-hetero) is 1. The van der Waals surface area contributed by atoms with Crippen molar-refractivity contribution < 1.29 is 68.5 Å². The fourth-order valence-corrected chi connectivity index (χ4v) is 10.1. The number of aliphatic hydroxyl groups is 5. The summed E-state index contributed by atoms with van der Waals surface area (Å²) in [5, 5.41) is 64.6. The molecule has 2 saturated carbocycles. The molecule has 0 radical (unpaired) electrons. The van der Waals surface area contributed by atoms with Crippen molar-refractivity contribution in [1.82, 2.24) is 5.32 Å². The molecular weight excluding hydrogens is 778 g/mol. The van der Waals surface area contributed by atoms with E-state index in [4.69, 9.17) is 18.9 Å². The number of fused-ring (bicyclic) bond motifs is 5. The Labute approximate surface area is 345 Å². The molecule has 1 saturated heterocycles. The van der Waals surface area contributed by atoms with E-state index < -0.39 is 106 Å². The Morgan fingerprint density at radius 1 is 0.850 bits per heavy atom. The standard InChI is InChI=1S/C45H49NO14/c1-23-30-32(49)36(51)43(5)28(48)21-29-44(22-57-29,60-24(2)47)35(43)38(59-40(54)27-19-13-8-14-20-27)45(56,42(30,3)4)37(52)34(23)58-41(55)33(50)31(25-15-9-6-10-16-25)46-39(53)26-17-11-7-12-18-26/h6-20,28-29,31-35,37-38,48-50,52,56H,21-22H2,1-5H3,(H,46,53)/t28-,29+,31-,32+,33+,34+,35-,37-,38-,43+,44-,45+/m0/s1. The van der Waals surface area contributed by atoms with Crippen LogP contribution in [0.15, 0.2) is 102 Å². The van der Waals surface area contributed by atoms with E-state index in [1.54, 1.807) is 66.7 Å². The molecule has 7 rings (SSSR count). The molecule has 1 amide bonds. The molecule has 318 valence electrons. The summed E-state index contributed by atoms with van der Waals surface area (Å²) in [6, 6.07) is 22.4. The first-order valence-corrected chi connectivity index (χ1v) is 19.7. The summed E-state index contributed by atoms with van der Waals surface area (Å²) in [6.45, 7) is 6.23. The van der Waals surface area contributed by atoms with Crippen LogP contribution in [0.2, 0.25) is 0 Å². The summed E-state index contributed by atoms with van der Waals surface area (Å²) in [4.78, 5) is 69.6. The third kappa shape index (κ3) is 6.55. The molecule has 3 fully saturated rings. The Morgan fingerprint density at radius 3 is 1.97 bits per heavy atom. The first-order valence-electron chi connectivity index (χ1n) is 19.7. The van der Waals surface area contributed by atoms with Crippen LogP contribution in [-0.2, 0) is 33.3 Å². The lowest BCUT2D eigenvalue weighted by atomic mass is 9.44. The van der Waals surface area contributed by atoms with Crippen molar-refractivity contribution in [3.05, 3.63) is 119 Å². The maximum Gasteiger partial charge on any atom is 0.338 e. The second-order valence-electron chi connectivity index (χ2n) is 16.8. The Balaban J connectivity index is 1.37. The van der Waals surface area contributed by atoms with Crippen molar-refractivity contribution in [1.29, 1.82) is 0 Å². The molecule has 0 unspecified atom stereocenters. The summed E-state index contributed by atoms with van der Waals surface area (Å²) < 4.78 is 23.9. The number of amides is 1. The fourth-order valence-electron chi connectivity index (χ4n) is 10.1. The number of benzene rings is 3. The van der Waals surface area contributed by atoms with E-state index in [2.05, 4.69) is 5.32 Å². The number of ketones is 1. The average Bonchev–Trinajstić information content (AvgIpc) is 3.23. The summed E-state index contributed by atoms with van der Waals surface area (Å²) in [7, 11) is 0. The molecule has 3 aromatic rings. The number of nitrogens with one attached hydrogen (secondary N) is 1. The summed E-state index contributed by atoms with van der Waals surface area (Å²) in [5.74, 6) is -6.55. The largest absolute Gasteiger partial charge is 0.455 e. The minimum absolute atomic E-state index is 0.00109. The molecule has 6 N–H and O–H groups in total. The molecule has 3 aliphatic carbocycles. The maximum atomic E-state index is 15.0. The second-order valence-corrected chi connectivity index (χ2v) is 16.8. The lowest BCUT2D eigenvalue weighted by molar-refractivity contribution is -0.352. The summed E-state index contributed by atoms with van der Waals surface area (Å²) in [6.07, 6.45) is -13.5. The number of rotatable bonds is 9. The number of carbonyl (C=O) groups is 5. The normalized spacial score (nSPS) is 33.9. The lowest BCUT2D eigenvalue weighted by Crippen LogP contribution is -2.83. The predicted molar refractivity (Wildman–Crippen MR) is 210 cm³/mol. The van der Waals surface area contributed by atoms with Crippen LogP contribution in [0.5, 0.6) is 0 Å². The number of hydrogen-bond acceptors (Lipinski definition) is 14. The molecule has 3 aromatic carbocycles. The number of carbonyl (C=O) groups excluding carboxylic acids is 5. The predicted octanol–water partition coefficient (Wildman–Crippen LogP) is 2.14. The van der Waals surface area contributed by atoms with Gasteiger partial charge in [-0.25, -0.2) is 9.59 Å². The molecule has 15 heteroatoms. The van der Waals surface area contributed by atoms with Gasteiger partial charge in [0.25, 0.3) is 5.91 Å². The van der Waals surface area contributed by atoms with Crippen LogP contribution < -0.4 is 5.32 Å². The van der Waals surface area contributed by atoms with E-state index in [1.807, 2.05) is 0 Å². The zero-order valence-corrected chi connectivity index (χ0v) is 33.7. The quantitative estimate of drug-likeness (QED) is 0.103. The van der Waals surface area contributed by atoms with Crippen LogP contribution in [0, 0.1) is 16.7 Å². The van der Waals surface area contributed by atoms with Gasteiger partial charge >= 0.3 is 17.9 Å². The zero-order chi connectivity index (χ0) is 43.5. The van der Waals surface area contributed by atoms with E-state index in [1.165, 1.54) is 52.0 Å². The van der Waals surface area contributed by atoms with Gasteiger partial charge < -0.3 is 49.8 Å². The monoisotopic (exact) mass is 827 g/mol. The minimum Gasteiger partial charge on any atom is -0.455 e. The molecule has 1 heterocycles. The van der Waals surface area contributed by atoms with Gasteiger partial charge in [-0.3, -0.25) is 14.4 Å². The van der Waals surface area contributed by atoms with Gasteiger partial charge in [-0.15, -0.1) is 0 Å². The first-order chi connectivity index (χ1) is 28.3. The van der Waals surface area contributed by atoms with Gasteiger partial charge in [0.05, 0.1) is 35.6 Å². The fraction of sp³-hybridized carbons (Fsp3) is 0.444. The smallest absolute Gasteiger partial charge is 0.338 e. The van der Waals surface area contributed by atoms with E-state index in [0.717, 1.165) is 6.92 Å². The molecule has 1 aliphatic heterocycles. The molecule has 15 nitrogen and oxygen atoms in total. The van der Waals surface area contributed by atoms with Crippen LogP contribution in [-0.4, -0.2) is 116 Å². The lowest BCUT2D eigenvalue weighted by Gasteiger charge is -2.67. The van der Waals surface area contributed by atoms with Crippen LogP contribution in [0.4, 0.5) is 0 Å². The molecule has 2 bridgehead atoms. The Hall–Kier alpha value is -5.29. The van der Waals surface area contributed by atoms with Gasteiger partial charge in [0.15, 0.2) is 23.6 Å².